The van der Waals surface area contributed by atoms with Crippen LogP contribution in [0.4, 0.5) is 18.9 Å². The number of halogens is 3. The largest absolute Gasteiger partial charge is 0.416 e. The highest BCUT2D eigenvalue weighted by molar-refractivity contribution is 6.04. The molecule has 1 N–H and O–H groups in total. The van der Waals surface area contributed by atoms with Gasteiger partial charge < -0.3 is 10.2 Å². The number of alkyl halides is 3. The molecule has 2 aromatic rings. The van der Waals surface area contributed by atoms with Crippen molar-refractivity contribution in [3.63, 3.8) is 0 Å². The Kier molecular flexibility index (Phi) is 5.82. The quantitative estimate of drug-likeness (QED) is 0.883. The van der Waals surface area contributed by atoms with Crippen molar-refractivity contribution < 1.29 is 18.0 Å². The number of carbonyl (C=O) groups excluding carboxylic acids is 1. The normalized spacial score (nSPS) is 16.3. The lowest BCUT2D eigenvalue weighted by molar-refractivity contribution is -0.137. The Balaban J connectivity index is 1.81. The van der Waals surface area contributed by atoms with Crippen LogP contribution in [0.1, 0.15) is 21.5 Å². The zero-order chi connectivity index (χ0) is 19.4. The summed E-state index contributed by atoms with van der Waals surface area (Å²) in [6.07, 6.45) is -4.47. The van der Waals surface area contributed by atoms with Crippen LogP contribution in [0.5, 0.6) is 0 Å². The van der Waals surface area contributed by atoms with Crippen molar-refractivity contribution >= 4 is 11.6 Å². The van der Waals surface area contributed by atoms with E-state index in [4.69, 9.17) is 0 Å². The van der Waals surface area contributed by atoms with Gasteiger partial charge >= 0.3 is 6.18 Å². The molecule has 144 valence electrons. The smallest absolute Gasteiger partial charge is 0.322 e. The number of carbonyl (C=O) groups is 1. The van der Waals surface area contributed by atoms with E-state index in [1.54, 1.807) is 36.4 Å². The van der Waals surface area contributed by atoms with Crippen molar-refractivity contribution in [2.75, 3.05) is 38.5 Å². The molecule has 0 radical (unpaired) electrons. The lowest BCUT2D eigenvalue weighted by Gasteiger charge is -2.32. The molecule has 4 nitrogen and oxygen atoms in total. The predicted molar refractivity (Wildman–Crippen MR) is 98.6 cm³/mol. The molecule has 1 fully saturated rings. The molecular weight excluding hydrogens is 355 g/mol. The third-order valence-electron chi connectivity index (χ3n) is 4.62. The maximum absolute atomic E-state index is 13.3. The second-order valence-electron chi connectivity index (χ2n) is 6.82. The summed E-state index contributed by atoms with van der Waals surface area (Å²) in [7, 11) is 2.03. The molecule has 3 rings (SSSR count). The highest BCUT2D eigenvalue weighted by Gasteiger charge is 2.31. The minimum absolute atomic E-state index is 0.155. The monoisotopic (exact) mass is 377 g/mol. The van der Waals surface area contributed by atoms with Crippen LogP contribution in [0.3, 0.4) is 0 Å². The molecule has 1 aliphatic rings. The molecule has 7 heteroatoms. The van der Waals surface area contributed by atoms with Crippen molar-refractivity contribution in [3.05, 3.63) is 65.2 Å². The minimum atomic E-state index is -4.47. The first-order valence-electron chi connectivity index (χ1n) is 8.80. The van der Waals surface area contributed by atoms with Gasteiger partial charge in [-0.05, 0) is 42.9 Å². The van der Waals surface area contributed by atoms with Gasteiger partial charge in [0.15, 0.2) is 0 Å². The second-order valence-corrected chi connectivity index (χ2v) is 6.82. The Bertz CT molecular complexity index is 785. The highest BCUT2D eigenvalue weighted by atomic mass is 19.4. The third kappa shape index (κ3) is 5.30. The minimum Gasteiger partial charge on any atom is -0.322 e. The Morgan fingerprint density at radius 3 is 2.33 bits per heavy atom. The van der Waals surface area contributed by atoms with Crippen LogP contribution < -0.4 is 5.32 Å². The van der Waals surface area contributed by atoms with E-state index in [9.17, 15) is 18.0 Å². The average Bonchev–Trinajstić information content (AvgIpc) is 2.63. The number of benzene rings is 2. The van der Waals surface area contributed by atoms with E-state index in [-0.39, 0.29) is 5.69 Å². The number of amides is 1. The SMILES string of the molecule is CN1CCN(Cc2cc(NC(=O)c3ccccc3)cc(C(F)(F)F)c2)CC1. The molecule has 0 aliphatic carbocycles. The van der Waals surface area contributed by atoms with Crippen molar-refractivity contribution in [2.24, 2.45) is 0 Å². The summed E-state index contributed by atoms with van der Waals surface area (Å²) in [5, 5.41) is 2.59. The fraction of sp³-hybridized carbons (Fsp3) is 0.350. The molecule has 1 heterocycles. The molecule has 1 aliphatic heterocycles. The molecule has 27 heavy (non-hydrogen) atoms. The summed E-state index contributed by atoms with van der Waals surface area (Å²) < 4.78 is 39.9. The molecular formula is C20H22F3N3O. The van der Waals surface area contributed by atoms with Gasteiger partial charge in [0.25, 0.3) is 5.91 Å². The topological polar surface area (TPSA) is 35.6 Å². The second kappa shape index (κ2) is 8.10. The number of likely N-dealkylation sites (N-methyl/N-ethyl adjacent to an activating group) is 1. The van der Waals surface area contributed by atoms with E-state index in [0.29, 0.717) is 17.7 Å². The number of hydrogen-bond acceptors (Lipinski definition) is 3. The molecule has 1 saturated heterocycles. The maximum atomic E-state index is 13.3. The van der Waals surface area contributed by atoms with Gasteiger partial charge in [0, 0.05) is 44.0 Å². The first-order valence-corrected chi connectivity index (χ1v) is 8.80. The fourth-order valence-electron chi connectivity index (χ4n) is 3.08. The van der Waals surface area contributed by atoms with Crippen LogP contribution >= 0.6 is 0 Å². The van der Waals surface area contributed by atoms with Crippen molar-refractivity contribution in [3.8, 4) is 0 Å². The molecule has 0 aromatic heterocycles. The molecule has 0 atom stereocenters. The van der Waals surface area contributed by atoms with Gasteiger partial charge in [0.05, 0.1) is 5.56 Å². The first-order chi connectivity index (χ1) is 12.8. The third-order valence-corrected chi connectivity index (χ3v) is 4.62. The molecule has 0 bridgehead atoms. The number of rotatable bonds is 4. The Labute approximate surface area is 156 Å². The van der Waals surface area contributed by atoms with Gasteiger partial charge in [-0.25, -0.2) is 0 Å². The number of nitrogens with zero attached hydrogens (tertiary/aromatic N) is 2. The van der Waals surface area contributed by atoms with Crippen LogP contribution in [0, 0.1) is 0 Å². The summed E-state index contributed by atoms with van der Waals surface area (Å²) in [5.41, 5.74) is 0.341. The van der Waals surface area contributed by atoms with Gasteiger partial charge in [0.2, 0.25) is 0 Å². The van der Waals surface area contributed by atoms with Gasteiger partial charge in [-0.2, -0.15) is 13.2 Å². The summed E-state index contributed by atoms with van der Waals surface area (Å²) >= 11 is 0. The Morgan fingerprint density at radius 1 is 1.04 bits per heavy atom. The maximum Gasteiger partial charge on any atom is 0.416 e. The summed E-state index contributed by atoms with van der Waals surface area (Å²) in [6.45, 7) is 3.80. The standard InChI is InChI=1S/C20H22F3N3O/c1-25-7-9-26(10-8-25)14-15-11-17(20(21,22)23)13-18(12-15)24-19(27)16-5-3-2-4-6-16/h2-6,11-13H,7-10,14H2,1H3,(H,24,27). The zero-order valence-electron chi connectivity index (χ0n) is 15.1. The average molecular weight is 377 g/mol. The van der Waals surface area contributed by atoms with Gasteiger partial charge in [-0.15, -0.1) is 0 Å². The van der Waals surface area contributed by atoms with Gasteiger partial charge in [-0.1, -0.05) is 18.2 Å². The van der Waals surface area contributed by atoms with Gasteiger partial charge in [-0.3, -0.25) is 9.69 Å². The Morgan fingerprint density at radius 2 is 1.70 bits per heavy atom. The van der Waals surface area contributed by atoms with Gasteiger partial charge in [0.1, 0.15) is 0 Å². The first kappa shape index (κ1) is 19.4. The van der Waals surface area contributed by atoms with E-state index >= 15 is 0 Å². The van der Waals surface area contributed by atoms with E-state index in [1.165, 1.54) is 0 Å². The van der Waals surface area contributed by atoms with E-state index in [0.717, 1.165) is 38.3 Å². The van der Waals surface area contributed by atoms with E-state index in [2.05, 4.69) is 15.1 Å². The van der Waals surface area contributed by atoms with Crippen LogP contribution in [0.2, 0.25) is 0 Å². The number of anilines is 1. The van der Waals surface area contributed by atoms with Crippen LogP contribution in [-0.4, -0.2) is 48.9 Å². The lowest BCUT2D eigenvalue weighted by Crippen LogP contribution is -2.43. The zero-order valence-corrected chi connectivity index (χ0v) is 15.1. The molecule has 1 amide bonds. The summed E-state index contributed by atoms with van der Waals surface area (Å²) in [6, 6.07) is 12.2. The number of nitrogens with one attached hydrogen (secondary N) is 1. The lowest BCUT2D eigenvalue weighted by atomic mass is 10.1. The summed E-state index contributed by atoms with van der Waals surface area (Å²) in [5.74, 6) is -0.430. The molecule has 2 aromatic carbocycles. The predicted octanol–water partition coefficient (Wildman–Crippen LogP) is 3.71. The number of hydrogen-bond donors (Lipinski definition) is 1. The van der Waals surface area contributed by atoms with Crippen LogP contribution in [0.25, 0.3) is 0 Å². The molecule has 0 unspecified atom stereocenters. The molecule has 0 saturated carbocycles. The van der Waals surface area contributed by atoms with Crippen molar-refractivity contribution in [1.82, 2.24) is 9.80 Å². The van der Waals surface area contributed by atoms with Crippen LogP contribution in [-0.2, 0) is 12.7 Å². The van der Waals surface area contributed by atoms with Crippen molar-refractivity contribution in [1.29, 1.82) is 0 Å². The van der Waals surface area contributed by atoms with Crippen molar-refractivity contribution in [2.45, 2.75) is 12.7 Å². The summed E-state index contributed by atoms with van der Waals surface area (Å²) in [4.78, 5) is 16.6. The Hall–Kier alpha value is -2.38. The highest BCUT2D eigenvalue weighted by Crippen LogP contribution is 2.32. The number of piperazine rings is 1. The fourth-order valence-corrected chi connectivity index (χ4v) is 3.08. The molecule has 0 spiro atoms. The van der Waals surface area contributed by atoms with E-state index in [1.807, 2.05) is 7.05 Å². The van der Waals surface area contributed by atoms with Crippen LogP contribution in [0.15, 0.2) is 48.5 Å². The van der Waals surface area contributed by atoms with E-state index < -0.39 is 17.6 Å².